The molecule has 0 amide bonds. The van der Waals surface area contributed by atoms with Gasteiger partial charge in [-0.25, -0.2) is 0 Å². The topological polar surface area (TPSA) is 77.8 Å². The summed E-state index contributed by atoms with van der Waals surface area (Å²) < 4.78 is 0. The molecule has 5 nitrogen and oxygen atoms in total. The summed E-state index contributed by atoms with van der Waals surface area (Å²) in [5, 5.41) is 17.9. The minimum absolute atomic E-state index is 0.172. The van der Waals surface area contributed by atoms with Gasteiger partial charge in [0.15, 0.2) is 0 Å². The van der Waals surface area contributed by atoms with E-state index >= 15 is 0 Å². The Kier molecular flexibility index (Phi) is 4.92. The lowest BCUT2D eigenvalue weighted by atomic mass is 10.1. The van der Waals surface area contributed by atoms with Gasteiger partial charge in [0, 0.05) is 12.2 Å². The normalized spacial score (nSPS) is 11.9. The van der Waals surface area contributed by atoms with Crippen molar-refractivity contribution in [3.63, 3.8) is 0 Å². The molecular formula is C14H19NO4. The van der Waals surface area contributed by atoms with Crippen molar-refractivity contribution in [3.8, 4) is 0 Å². The fraction of sp³-hybridized carbons (Fsp3) is 0.429. The number of nitrogens with zero attached hydrogens (tertiary/aromatic N) is 1. The van der Waals surface area contributed by atoms with Gasteiger partial charge < -0.3 is 15.1 Å². The maximum absolute atomic E-state index is 10.9. The van der Waals surface area contributed by atoms with Crippen LogP contribution >= 0.6 is 0 Å². The molecule has 0 aliphatic rings. The number of carboxylic acids is 2. The van der Waals surface area contributed by atoms with Crippen LogP contribution in [0, 0.1) is 19.8 Å². The van der Waals surface area contributed by atoms with E-state index in [1.165, 1.54) is 0 Å². The third-order valence-electron chi connectivity index (χ3n) is 2.93. The smallest absolute Gasteiger partial charge is 0.323 e. The maximum atomic E-state index is 10.9. The lowest BCUT2D eigenvalue weighted by Crippen LogP contribution is -2.36. The number of anilines is 1. The molecule has 104 valence electrons. The Morgan fingerprint density at radius 3 is 2.37 bits per heavy atom. The van der Waals surface area contributed by atoms with Crippen LogP contribution in [0.3, 0.4) is 0 Å². The highest BCUT2D eigenvalue weighted by molar-refractivity contribution is 5.76. The molecule has 1 atom stereocenters. The highest BCUT2D eigenvalue weighted by atomic mass is 16.4. The summed E-state index contributed by atoms with van der Waals surface area (Å²) in [7, 11) is 0. The third-order valence-corrected chi connectivity index (χ3v) is 2.93. The third kappa shape index (κ3) is 4.28. The zero-order valence-corrected chi connectivity index (χ0v) is 11.4. The minimum atomic E-state index is -0.974. The van der Waals surface area contributed by atoms with Gasteiger partial charge in [-0.3, -0.25) is 9.59 Å². The van der Waals surface area contributed by atoms with Crippen LogP contribution in [0.4, 0.5) is 5.69 Å². The molecule has 0 aromatic heterocycles. The molecular weight excluding hydrogens is 246 g/mol. The first-order valence-corrected chi connectivity index (χ1v) is 6.08. The van der Waals surface area contributed by atoms with Gasteiger partial charge in [-0.1, -0.05) is 24.6 Å². The molecule has 0 saturated carbocycles. The van der Waals surface area contributed by atoms with E-state index in [0.29, 0.717) is 0 Å². The first-order chi connectivity index (χ1) is 8.81. The lowest BCUT2D eigenvalue weighted by Gasteiger charge is -2.26. The second-order valence-electron chi connectivity index (χ2n) is 4.80. The zero-order chi connectivity index (χ0) is 14.6. The predicted molar refractivity (Wildman–Crippen MR) is 72.6 cm³/mol. The van der Waals surface area contributed by atoms with Gasteiger partial charge in [0.05, 0.1) is 5.92 Å². The highest BCUT2D eigenvalue weighted by Crippen LogP contribution is 2.22. The zero-order valence-electron chi connectivity index (χ0n) is 11.4. The Balaban J connectivity index is 3.01. The van der Waals surface area contributed by atoms with Gasteiger partial charge in [0.1, 0.15) is 6.54 Å². The van der Waals surface area contributed by atoms with E-state index in [2.05, 4.69) is 0 Å². The van der Waals surface area contributed by atoms with Crippen LogP contribution in [0.1, 0.15) is 18.1 Å². The minimum Gasteiger partial charge on any atom is -0.481 e. The fourth-order valence-corrected chi connectivity index (χ4v) is 1.98. The second kappa shape index (κ2) is 6.22. The van der Waals surface area contributed by atoms with Gasteiger partial charge in [-0.2, -0.15) is 0 Å². The van der Waals surface area contributed by atoms with E-state index in [4.69, 9.17) is 10.2 Å². The van der Waals surface area contributed by atoms with E-state index in [9.17, 15) is 9.59 Å². The highest BCUT2D eigenvalue weighted by Gasteiger charge is 2.19. The van der Waals surface area contributed by atoms with Gasteiger partial charge in [-0.15, -0.1) is 0 Å². The molecule has 1 rings (SSSR count). The van der Waals surface area contributed by atoms with Gasteiger partial charge in [-0.05, 0) is 25.5 Å². The second-order valence-corrected chi connectivity index (χ2v) is 4.80. The van der Waals surface area contributed by atoms with Crippen molar-refractivity contribution in [2.75, 3.05) is 18.0 Å². The number of benzene rings is 1. The maximum Gasteiger partial charge on any atom is 0.323 e. The summed E-state index contributed by atoms with van der Waals surface area (Å²) in [5.41, 5.74) is 2.79. The average Bonchev–Trinajstić information content (AvgIpc) is 2.27. The van der Waals surface area contributed by atoms with Crippen molar-refractivity contribution in [2.24, 2.45) is 5.92 Å². The molecule has 0 heterocycles. The average molecular weight is 265 g/mol. The summed E-state index contributed by atoms with van der Waals surface area (Å²) in [6.45, 7) is 5.38. The molecule has 0 spiro atoms. The molecule has 0 bridgehead atoms. The lowest BCUT2D eigenvalue weighted by molar-refractivity contribution is -0.141. The van der Waals surface area contributed by atoms with Crippen LogP contribution < -0.4 is 4.90 Å². The van der Waals surface area contributed by atoms with Gasteiger partial charge in [0.2, 0.25) is 0 Å². The Hall–Kier alpha value is -2.04. The van der Waals surface area contributed by atoms with Gasteiger partial charge in [0.25, 0.3) is 0 Å². The van der Waals surface area contributed by atoms with Crippen molar-refractivity contribution >= 4 is 17.6 Å². The van der Waals surface area contributed by atoms with Crippen molar-refractivity contribution in [1.29, 1.82) is 0 Å². The molecule has 0 aliphatic carbocycles. The Labute approximate surface area is 112 Å². The Morgan fingerprint density at radius 1 is 1.26 bits per heavy atom. The summed E-state index contributed by atoms with van der Waals surface area (Å²) in [6.07, 6.45) is 0. The number of carboxylic acid groups (broad SMARTS) is 2. The SMILES string of the molecule is Cc1ccc(N(CC(=O)O)CC(C)C(=O)O)c(C)c1. The molecule has 0 radical (unpaired) electrons. The summed E-state index contributed by atoms with van der Waals surface area (Å²) in [5.74, 6) is -2.53. The molecule has 0 fully saturated rings. The van der Waals surface area contributed by atoms with Crippen LogP contribution in [0.25, 0.3) is 0 Å². The predicted octanol–water partition coefficient (Wildman–Crippen LogP) is 1.92. The van der Waals surface area contributed by atoms with E-state index in [-0.39, 0.29) is 13.1 Å². The molecule has 1 aromatic carbocycles. The molecule has 1 unspecified atom stereocenters. The number of hydrogen-bond acceptors (Lipinski definition) is 3. The van der Waals surface area contributed by atoms with Crippen LogP contribution in [0.2, 0.25) is 0 Å². The molecule has 19 heavy (non-hydrogen) atoms. The summed E-state index contributed by atoms with van der Waals surface area (Å²) in [4.78, 5) is 23.4. The van der Waals surface area contributed by atoms with Crippen LogP contribution in [-0.4, -0.2) is 35.2 Å². The molecule has 5 heteroatoms. The van der Waals surface area contributed by atoms with E-state index < -0.39 is 17.9 Å². The Bertz CT molecular complexity index is 484. The first-order valence-electron chi connectivity index (χ1n) is 6.08. The molecule has 0 saturated heterocycles. The van der Waals surface area contributed by atoms with E-state index in [0.717, 1.165) is 16.8 Å². The van der Waals surface area contributed by atoms with Crippen LogP contribution in [0.5, 0.6) is 0 Å². The number of rotatable bonds is 6. The fourth-order valence-electron chi connectivity index (χ4n) is 1.98. The summed E-state index contributed by atoms with van der Waals surface area (Å²) >= 11 is 0. The van der Waals surface area contributed by atoms with Crippen molar-refractivity contribution < 1.29 is 19.8 Å². The molecule has 2 N–H and O–H groups in total. The van der Waals surface area contributed by atoms with Crippen LogP contribution in [0.15, 0.2) is 18.2 Å². The van der Waals surface area contributed by atoms with Crippen molar-refractivity contribution in [3.05, 3.63) is 29.3 Å². The van der Waals surface area contributed by atoms with E-state index in [1.807, 2.05) is 32.0 Å². The Morgan fingerprint density at radius 2 is 1.89 bits per heavy atom. The molecule has 0 aliphatic heterocycles. The summed E-state index contributed by atoms with van der Waals surface area (Å²) in [6, 6.07) is 5.68. The van der Waals surface area contributed by atoms with Gasteiger partial charge >= 0.3 is 11.9 Å². The van der Waals surface area contributed by atoms with Crippen molar-refractivity contribution in [1.82, 2.24) is 0 Å². The van der Waals surface area contributed by atoms with Crippen molar-refractivity contribution in [2.45, 2.75) is 20.8 Å². The monoisotopic (exact) mass is 265 g/mol. The largest absolute Gasteiger partial charge is 0.481 e. The standard InChI is InChI=1S/C14H19NO4/c1-9-4-5-12(10(2)6-9)15(8-13(16)17)7-11(3)14(18)19/h4-6,11H,7-8H2,1-3H3,(H,16,17)(H,18,19). The first kappa shape index (κ1) is 15.0. The quantitative estimate of drug-likeness (QED) is 0.821. The number of carbonyl (C=O) groups is 2. The number of hydrogen-bond donors (Lipinski definition) is 2. The number of aryl methyl sites for hydroxylation is 2. The molecule has 1 aromatic rings. The number of aliphatic carboxylic acids is 2. The van der Waals surface area contributed by atoms with E-state index in [1.54, 1.807) is 11.8 Å². The van der Waals surface area contributed by atoms with Crippen LogP contribution in [-0.2, 0) is 9.59 Å².